The van der Waals surface area contributed by atoms with Crippen LogP contribution in [-0.2, 0) is 34.4 Å². The number of esters is 1. The average molecular weight is 653 g/mol. The van der Waals surface area contributed by atoms with Crippen LogP contribution in [0.25, 0.3) is 11.8 Å². The molecule has 1 heterocycles. The molecule has 3 aromatic carbocycles. The zero-order valence-electron chi connectivity index (χ0n) is 24.3. The van der Waals surface area contributed by atoms with Gasteiger partial charge in [0.05, 0.1) is 17.4 Å². The zero-order valence-corrected chi connectivity index (χ0v) is 26.0. The van der Waals surface area contributed by atoms with Crippen molar-refractivity contribution in [1.29, 1.82) is 0 Å². The van der Waals surface area contributed by atoms with Gasteiger partial charge in [-0.15, -0.1) is 5.10 Å². The number of anilines is 1. The van der Waals surface area contributed by atoms with E-state index in [1.54, 1.807) is 24.3 Å². The first-order chi connectivity index (χ1) is 21.7. The van der Waals surface area contributed by atoms with Gasteiger partial charge in [-0.05, 0) is 64.5 Å². The predicted octanol–water partition coefficient (Wildman–Crippen LogP) is 4.34. The van der Waals surface area contributed by atoms with E-state index in [0.29, 0.717) is 22.0 Å². The van der Waals surface area contributed by atoms with Crippen LogP contribution in [0.4, 0.5) is 5.69 Å². The van der Waals surface area contributed by atoms with Gasteiger partial charge in [-0.2, -0.15) is 4.68 Å². The smallest absolute Gasteiger partial charge is 0.338 e. The van der Waals surface area contributed by atoms with Gasteiger partial charge in [0.2, 0.25) is 11.8 Å². The number of benzene rings is 3. The van der Waals surface area contributed by atoms with Crippen LogP contribution in [0, 0.1) is 0 Å². The molecule has 0 unspecified atom stereocenters. The Bertz CT molecular complexity index is 1680. The van der Waals surface area contributed by atoms with Crippen LogP contribution in [0.2, 0.25) is 5.02 Å². The third-order valence-corrected chi connectivity index (χ3v) is 8.54. The number of hydrogen-bond donors (Lipinski definition) is 2. The summed E-state index contributed by atoms with van der Waals surface area (Å²) in [7, 11) is -0.802. The first-order valence-electron chi connectivity index (χ1n) is 13.5. The third kappa shape index (κ3) is 9.65. The minimum Gasteiger partial charge on any atom is -0.461 e. The number of rotatable bonds is 14. The summed E-state index contributed by atoms with van der Waals surface area (Å²) in [6.45, 7) is -0.165. The molecule has 0 saturated heterocycles. The van der Waals surface area contributed by atoms with E-state index in [2.05, 4.69) is 26.2 Å². The number of amides is 2. The molecule has 2 amide bonds. The molecule has 13 nitrogen and oxygen atoms in total. The first kappa shape index (κ1) is 33.2. The molecule has 1 aromatic heterocycles. The fraction of sp³-hybridized carbons (Fsp3) is 0.200. The van der Waals surface area contributed by atoms with E-state index < -0.39 is 31.4 Å². The molecule has 0 aliphatic heterocycles. The number of nitrogens with one attached hydrogen (secondary N) is 2. The van der Waals surface area contributed by atoms with Gasteiger partial charge in [0.15, 0.2) is 0 Å². The molecule has 2 N–H and O–H groups in total. The van der Waals surface area contributed by atoms with Gasteiger partial charge >= 0.3 is 13.6 Å². The molecule has 0 bridgehead atoms. The Labute approximate surface area is 264 Å². The molecule has 0 radical (unpaired) electrons. The van der Waals surface area contributed by atoms with Crippen molar-refractivity contribution in [2.75, 3.05) is 32.3 Å². The SMILES string of the molecule is COP(=O)(CCOC(=O)c1ccc(NC(=O)[C@H](Cc2ccccc2)NC(=O)C=Cc2cc(Cl)ccc2-n2cnnn2)cc1)OC. The summed E-state index contributed by atoms with van der Waals surface area (Å²) in [5.74, 6) is -1.63. The fourth-order valence-corrected chi connectivity index (χ4v) is 5.10. The summed E-state index contributed by atoms with van der Waals surface area (Å²) in [6, 6.07) is 19.4. The molecule has 0 aliphatic carbocycles. The van der Waals surface area contributed by atoms with E-state index in [-0.39, 0.29) is 24.8 Å². The quantitative estimate of drug-likeness (QED) is 0.114. The van der Waals surface area contributed by atoms with Gasteiger partial charge < -0.3 is 24.4 Å². The first-order valence-corrected chi connectivity index (χ1v) is 15.6. The number of aromatic nitrogens is 4. The Kier molecular flexibility index (Phi) is 11.7. The number of nitrogens with zero attached hydrogens (tertiary/aromatic N) is 4. The Morgan fingerprint density at radius 1 is 1.02 bits per heavy atom. The lowest BCUT2D eigenvalue weighted by atomic mass is 10.0. The van der Waals surface area contributed by atoms with E-state index in [4.69, 9.17) is 25.4 Å². The Hall–Kier alpha value is -4.68. The van der Waals surface area contributed by atoms with Crippen LogP contribution >= 0.6 is 19.2 Å². The van der Waals surface area contributed by atoms with Gasteiger partial charge in [-0.3, -0.25) is 14.2 Å². The molecule has 0 fully saturated rings. The Morgan fingerprint density at radius 2 is 1.76 bits per heavy atom. The topological polar surface area (TPSA) is 164 Å². The van der Waals surface area contributed by atoms with Gasteiger partial charge in [-0.1, -0.05) is 41.9 Å². The van der Waals surface area contributed by atoms with Gasteiger partial charge in [0, 0.05) is 43.0 Å². The van der Waals surface area contributed by atoms with Crippen molar-refractivity contribution in [3.05, 3.63) is 107 Å². The molecular weight excluding hydrogens is 623 g/mol. The van der Waals surface area contributed by atoms with E-state index in [0.717, 1.165) is 5.56 Å². The molecule has 1 atom stereocenters. The summed E-state index contributed by atoms with van der Waals surface area (Å²) in [4.78, 5) is 38.8. The Morgan fingerprint density at radius 3 is 2.42 bits per heavy atom. The lowest BCUT2D eigenvalue weighted by Crippen LogP contribution is -2.44. The summed E-state index contributed by atoms with van der Waals surface area (Å²) in [6.07, 6.45) is 4.39. The predicted molar refractivity (Wildman–Crippen MR) is 167 cm³/mol. The molecule has 0 saturated carbocycles. The summed E-state index contributed by atoms with van der Waals surface area (Å²) in [5, 5.41) is 17.2. The summed E-state index contributed by atoms with van der Waals surface area (Å²) >= 11 is 6.17. The summed E-state index contributed by atoms with van der Waals surface area (Å²) < 4.78 is 28.3. The number of carbonyl (C=O) groups excluding carboxylic acids is 3. The van der Waals surface area contributed by atoms with Crippen molar-refractivity contribution >= 4 is 48.7 Å². The van der Waals surface area contributed by atoms with E-state index in [9.17, 15) is 18.9 Å². The molecule has 4 rings (SSSR count). The normalized spacial score (nSPS) is 12.1. The molecular formula is C30H30ClN6O7P. The van der Waals surface area contributed by atoms with E-state index >= 15 is 0 Å². The van der Waals surface area contributed by atoms with Crippen molar-refractivity contribution in [2.45, 2.75) is 12.5 Å². The lowest BCUT2D eigenvalue weighted by molar-refractivity contribution is -0.123. The van der Waals surface area contributed by atoms with Crippen LogP contribution in [0.3, 0.4) is 0 Å². The second kappa shape index (κ2) is 15.9. The van der Waals surface area contributed by atoms with Gasteiger partial charge in [0.25, 0.3) is 0 Å². The number of carbonyl (C=O) groups is 3. The van der Waals surface area contributed by atoms with Crippen LogP contribution in [0.15, 0.2) is 85.2 Å². The van der Waals surface area contributed by atoms with Crippen LogP contribution in [0.5, 0.6) is 0 Å². The van der Waals surface area contributed by atoms with Gasteiger partial charge in [0.1, 0.15) is 19.0 Å². The standard InChI is InChI=1S/C30H30ClN6O7P/c1-42-45(41,43-2)17-16-44-30(40)22-8-12-25(13-9-22)33-29(39)26(18-21-6-4-3-5-7-21)34-28(38)15-10-23-19-24(31)11-14-27(23)37-20-32-35-36-37/h3-15,19-20,26H,16-18H2,1-2H3,(H,33,39)(H,34,38)/t26-/m0/s1. The largest absolute Gasteiger partial charge is 0.461 e. The van der Waals surface area contributed by atoms with E-state index in [1.165, 1.54) is 55.6 Å². The number of hydrogen-bond acceptors (Lipinski definition) is 10. The van der Waals surface area contributed by atoms with Crippen molar-refractivity contribution in [3.63, 3.8) is 0 Å². The molecule has 45 heavy (non-hydrogen) atoms. The van der Waals surface area contributed by atoms with Crippen molar-refractivity contribution < 1.29 is 32.7 Å². The number of halogens is 1. The molecule has 4 aromatic rings. The zero-order chi connectivity index (χ0) is 32.2. The second-order valence-corrected chi connectivity index (χ2v) is 12.3. The van der Waals surface area contributed by atoms with Crippen LogP contribution in [0.1, 0.15) is 21.5 Å². The van der Waals surface area contributed by atoms with Gasteiger partial charge in [-0.25, -0.2) is 4.79 Å². The highest BCUT2D eigenvalue weighted by molar-refractivity contribution is 7.53. The molecule has 0 spiro atoms. The number of ether oxygens (including phenoxy) is 1. The van der Waals surface area contributed by atoms with Crippen LogP contribution in [-0.4, -0.2) is 71.0 Å². The highest BCUT2D eigenvalue weighted by Crippen LogP contribution is 2.45. The third-order valence-electron chi connectivity index (χ3n) is 6.46. The summed E-state index contributed by atoms with van der Waals surface area (Å²) in [5.41, 5.74) is 2.64. The Balaban J connectivity index is 1.43. The monoisotopic (exact) mass is 652 g/mol. The van der Waals surface area contributed by atoms with E-state index in [1.807, 2.05) is 30.3 Å². The average Bonchev–Trinajstić information content (AvgIpc) is 3.59. The van der Waals surface area contributed by atoms with Crippen LogP contribution < -0.4 is 10.6 Å². The minimum absolute atomic E-state index is 0.0941. The fourth-order valence-electron chi connectivity index (χ4n) is 4.09. The van der Waals surface area contributed by atoms with Crippen molar-refractivity contribution in [2.24, 2.45) is 0 Å². The molecule has 15 heteroatoms. The molecule has 234 valence electrons. The minimum atomic E-state index is -3.31. The number of tetrazole rings is 1. The second-order valence-electron chi connectivity index (χ2n) is 9.44. The maximum Gasteiger partial charge on any atom is 0.338 e. The maximum atomic E-state index is 13.4. The van der Waals surface area contributed by atoms with Crippen molar-refractivity contribution in [3.8, 4) is 5.69 Å². The van der Waals surface area contributed by atoms with Crippen molar-refractivity contribution in [1.82, 2.24) is 25.5 Å². The lowest BCUT2D eigenvalue weighted by Gasteiger charge is -2.18. The highest BCUT2D eigenvalue weighted by Gasteiger charge is 2.23. The maximum absolute atomic E-state index is 13.4. The molecule has 0 aliphatic rings. The highest BCUT2D eigenvalue weighted by atomic mass is 35.5.